The molecule has 1 saturated heterocycles. The molecule has 202 valence electrons. The number of urea groups is 1. The Kier molecular flexibility index (Phi) is 6.50. The zero-order valence-corrected chi connectivity index (χ0v) is 22.5. The van der Waals surface area contributed by atoms with E-state index in [-0.39, 0.29) is 23.6 Å². The van der Waals surface area contributed by atoms with Crippen LogP contribution in [0.15, 0.2) is 24.3 Å². The van der Waals surface area contributed by atoms with E-state index >= 15 is 0 Å². The molecular weight excluding hydrogens is 490 g/mol. The number of hydrogen-bond donors (Lipinski definition) is 1. The van der Waals surface area contributed by atoms with Crippen LogP contribution >= 0.6 is 0 Å². The van der Waals surface area contributed by atoms with Crippen molar-refractivity contribution in [3.05, 3.63) is 35.4 Å². The molecule has 5 fully saturated rings. The first-order valence-corrected chi connectivity index (χ1v) is 15.6. The van der Waals surface area contributed by atoms with Crippen LogP contribution in [0.1, 0.15) is 62.5 Å². The average molecular weight is 530 g/mol. The largest absolute Gasteiger partial charge is 0.469 e. The van der Waals surface area contributed by atoms with Gasteiger partial charge in [0.1, 0.15) is 0 Å². The molecule has 1 aromatic rings. The Morgan fingerprint density at radius 1 is 1.03 bits per heavy atom. The van der Waals surface area contributed by atoms with Crippen LogP contribution < -0.4 is 5.32 Å². The van der Waals surface area contributed by atoms with Gasteiger partial charge in [0, 0.05) is 37.6 Å². The van der Waals surface area contributed by atoms with Crippen molar-refractivity contribution in [1.29, 1.82) is 0 Å². The average Bonchev–Trinajstić information content (AvgIpc) is 2.89. The highest BCUT2D eigenvalue weighted by molar-refractivity contribution is 7.89. The van der Waals surface area contributed by atoms with Crippen molar-refractivity contribution in [3.8, 4) is 0 Å². The second kappa shape index (κ2) is 9.56. The lowest BCUT2D eigenvalue weighted by Crippen LogP contribution is -2.60. The molecule has 0 atom stereocenters. The van der Waals surface area contributed by atoms with E-state index in [1.807, 2.05) is 23.1 Å². The molecule has 9 heteroatoms. The third-order valence-corrected chi connectivity index (χ3v) is 11.9. The molecule has 2 amide bonds. The van der Waals surface area contributed by atoms with Gasteiger partial charge in [-0.3, -0.25) is 4.79 Å². The van der Waals surface area contributed by atoms with Gasteiger partial charge < -0.3 is 15.0 Å². The van der Waals surface area contributed by atoms with Crippen molar-refractivity contribution in [1.82, 2.24) is 14.5 Å². The molecule has 0 unspecified atom stereocenters. The minimum absolute atomic E-state index is 0.0546. The Morgan fingerprint density at radius 2 is 1.68 bits per heavy atom. The van der Waals surface area contributed by atoms with Gasteiger partial charge in [0.2, 0.25) is 10.0 Å². The summed E-state index contributed by atoms with van der Waals surface area (Å²) >= 11 is 0. The first-order chi connectivity index (χ1) is 17.8. The molecular formula is C28H39N3O5S. The lowest BCUT2D eigenvalue weighted by molar-refractivity contribution is -0.140. The molecule has 7 rings (SSSR count). The quantitative estimate of drug-likeness (QED) is 0.591. The number of sulfonamides is 1. The van der Waals surface area contributed by atoms with E-state index in [0.717, 1.165) is 30.2 Å². The number of likely N-dealkylation sites (tertiary alicyclic amines) is 1. The monoisotopic (exact) mass is 529 g/mol. The summed E-state index contributed by atoms with van der Waals surface area (Å²) in [6.07, 6.45) is 7.80. The SMILES string of the molecule is COC(=O)CCS(=O)(=O)N1Cc2ccccc2C2(CCN(C(=O)NC3C4CC5CC(C4)CC3C5)CC2)C1. The second-order valence-electron chi connectivity index (χ2n) is 12.2. The molecule has 0 aromatic heterocycles. The molecule has 8 nitrogen and oxygen atoms in total. The van der Waals surface area contributed by atoms with Crippen molar-refractivity contribution in [2.45, 2.75) is 69.4 Å². The smallest absolute Gasteiger partial charge is 0.317 e. The Balaban J connectivity index is 1.14. The van der Waals surface area contributed by atoms with Crippen LogP contribution in [0.3, 0.4) is 0 Å². The van der Waals surface area contributed by atoms with E-state index in [0.29, 0.717) is 44.1 Å². The number of amides is 2. The van der Waals surface area contributed by atoms with Crippen molar-refractivity contribution in [2.24, 2.45) is 23.7 Å². The number of carbonyl (C=O) groups is 2. The maximum Gasteiger partial charge on any atom is 0.317 e. The molecule has 37 heavy (non-hydrogen) atoms. The van der Waals surface area contributed by atoms with Gasteiger partial charge in [-0.2, -0.15) is 4.31 Å². The highest BCUT2D eigenvalue weighted by Gasteiger charge is 2.50. The topological polar surface area (TPSA) is 96.0 Å². The number of rotatable bonds is 5. The van der Waals surface area contributed by atoms with Crippen molar-refractivity contribution < 1.29 is 22.7 Å². The van der Waals surface area contributed by atoms with Crippen LogP contribution in [-0.2, 0) is 31.5 Å². The Labute approximate surface area is 220 Å². The normalized spacial score (nSPS) is 32.2. The van der Waals surface area contributed by atoms with Crippen LogP contribution in [0.5, 0.6) is 0 Å². The predicted molar refractivity (Wildman–Crippen MR) is 139 cm³/mol. The van der Waals surface area contributed by atoms with E-state index in [1.54, 1.807) is 4.31 Å². The van der Waals surface area contributed by atoms with Gasteiger partial charge in [-0.25, -0.2) is 13.2 Å². The maximum atomic E-state index is 13.4. The number of benzene rings is 1. The fraction of sp³-hybridized carbons (Fsp3) is 0.714. The molecule has 4 bridgehead atoms. The number of esters is 1. The Morgan fingerprint density at radius 3 is 2.32 bits per heavy atom. The fourth-order valence-corrected chi connectivity index (χ4v) is 9.91. The Hall–Kier alpha value is -2.13. The van der Waals surface area contributed by atoms with Crippen molar-refractivity contribution in [3.63, 3.8) is 0 Å². The van der Waals surface area contributed by atoms with E-state index in [9.17, 15) is 18.0 Å². The van der Waals surface area contributed by atoms with Gasteiger partial charge >= 0.3 is 12.0 Å². The number of nitrogens with one attached hydrogen (secondary N) is 1. The molecule has 2 aliphatic heterocycles. The van der Waals surface area contributed by atoms with Crippen LogP contribution in [0.4, 0.5) is 4.79 Å². The van der Waals surface area contributed by atoms with Gasteiger partial charge in [-0.15, -0.1) is 0 Å². The highest BCUT2D eigenvalue weighted by atomic mass is 32.2. The first kappa shape index (κ1) is 25.2. The summed E-state index contributed by atoms with van der Waals surface area (Å²) in [6.45, 7) is 1.93. The van der Waals surface area contributed by atoms with Gasteiger partial charge in [-0.1, -0.05) is 24.3 Å². The molecule has 1 aromatic carbocycles. The van der Waals surface area contributed by atoms with E-state index in [2.05, 4.69) is 16.1 Å². The highest BCUT2D eigenvalue weighted by Crippen LogP contribution is 2.53. The summed E-state index contributed by atoms with van der Waals surface area (Å²) < 4.78 is 32.6. The van der Waals surface area contributed by atoms with Crippen LogP contribution in [-0.4, -0.2) is 68.2 Å². The third kappa shape index (κ3) is 4.67. The van der Waals surface area contributed by atoms with Gasteiger partial charge in [0.15, 0.2) is 0 Å². The lowest BCUT2D eigenvalue weighted by Gasteiger charge is -2.55. The maximum absolute atomic E-state index is 13.4. The number of piperidine rings is 1. The van der Waals surface area contributed by atoms with Gasteiger partial charge in [0.25, 0.3) is 0 Å². The Bertz CT molecular complexity index is 1130. The summed E-state index contributed by atoms with van der Waals surface area (Å²) in [5.74, 6) is 2.27. The number of hydrogen-bond acceptors (Lipinski definition) is 5. The number of ether oxygens (including phenoxy) is 1. The zero-order chi connectivity index (χ0) is 25.8. The minimum Gasteiger partial charge on any atom is -0.469 e. The van der Waals surface area contributed by atoms with Gasteiger partial charge in [0.05, 0.1) is 19.3 Å². The molecule has 0 radical (unpaired) electrons. The predicted octanol–water partition coefficient (Wildman–Crippen LogP) is 3.26. The summed E-state index contributed by atoms with van der Waals surface area (Å²) in [5, 5.41) is 3.45. The molecule has 4 saturated carbocycles. The summed E-state index contributed by atoms with van der Waals surface area (Å²) in [4.78, 5) is 26.9. The molecule has 1 spiro atoms. The fourth-order valence-electron chi connectivity index (χ4n) is 8.44. The first-order valence-electron chi connectivity index (χ1n) is 13.9. The molecule has 2 heterocycles. The van der Waals surface area contributed by atoms with Crippen molar-refractivity contribution in [2.75, 3.05) is 32.5 Å². The van der Waals surface area contributed by atoms with Crippen molar-refractivity contribution >= 4 is 22.0 Å². The van der Waals surface area contributed by atoms with Gasteiger partial charge in [-0.05, 0) is 79.7 Å². The summed E-state index contributed by atoms with van der Waals surface area (Å²) in [7, 11) is -2.35. The number of methoxy groups -OCH3 is 1. The second-order valence-corrected chi connectivity index (χ2v) is 14.3. The summed E-state index contributed by atoms with van der Waals surface area (Å²) in [6, 6.07) is 8.47. The minimum atomic E-state index is -3.63. The van der Waals surface area contributed by atoms with E-state index in [1.165, 1.54) is 44.8 Å². The standard InChI is InChI=1S/C28H39N3O5S/c1-36-25(32)6-11-37(34,35)31-17-21-4-2-3-5-24(21)28(18-31)7-9-30(10-8-28)27(33)29-26-22-13-19-12-20(15-22)16-23(26)14-19/h2-5,19-20,22-23,26H,6-18H2,1H3,(H,29,33). The zero-order valence-electron chi connectivity index (χ0n) is 21.7. The third-order valence-electron chi connectivity index (χ3n) is 10.1. The molecule has 1 N–H and O–H groups in total. The molecule has 4 aliphatic carbocycles. The number of carbonyl (C=O) groups excluding carboxylic acids is 2. The van der Waals surface area contributed by atoms with Crippen LogP contribution in [0.2, 0.25) is 0 Å². The van der Waals surface area contributed by atoms with Crippen LogP contribution in [0, 0.1) is 23.7 Å². The molecule has 6 aliphatic rings. The van der Waals surface area contributed by atoms with E-state index in [4.69, 9.17) is 0 Å². The van der Waals surface area contributed by atoms with Crippen LogP contribution in [0.25, 0.3) is 0 Å². The number of nitrogens with zero attached hydrogens (tertiary/aromatic N) is 2. The summed E-state index contributed by atoms with van der Waals surface area (Å²) in [5.41, 5.74) is 1.89. The lowest BCUT2D eigenvalue weighted by atomic mass is 9.54. The number of fused-ring (bicyclic) bond motifs is 2. The van der Waals surface area contributed by atoms with E-state index < -0.39 is 16.0 Å².